The van der Waals surface area contributed by atoms with Crippen LogP contribution in [0.2, 0.25) is 0 Å². The fraction of sp³-hybridized carbons (Fsp3) is 0.429. The zero-order valence-electron chi connectivity index (χ0n) is 20.1. The number of ether oxygens (including phenoxy) is 1. The molecule has 2 aromatic carbocycles. The van der Waals surface area contributed by atoms with Crippen molar-refractivity contribution >= 4 is 23.6 Å². The van der Waals surface area contributed by atoms with Crippen LogP contribution in [0.3, 0.4) is 0 Å². The SMILES string of the molecule is C[C@H]1CCCC[C@@H]1NC(=O)CN1C(=O)/C(=C/c2ccccc2)Oc2ccc(C(C)(C)C)cc21. The van der Waals surface area contributed by atoms with E-state index in [9.17, 15) is 9.59 Å². The van der Waals surface area contributed by atoms with Gasteiger partial charge in [0.05, 0.1) is 5.69 Å². The Morgan fingerprint density at radius 1 is 1.12 bits per heavy atom. The number of fused-ring (bicyclic) bond motifs is 1. The summed E-state index contributed by atoms with van der Waals surface area (Å²) in [4.78, 5) is 28.1. The molecule has 2 aromatic rings. The fourth-order valence-corrected chi connectivity index (χ4v) is 4.56. The predicted molar refractivity (Wildman–Crippen MR) is 132 cm³/mol. The average Bonchev–Trinajstić information content (AvgIpc) is 2.78. The number of carbonyl (C=O) groups is 2. The van der Waals surface area contributed by atoms with Crippen molar-refractivity contribution < 1.29 is 14.3 Å². The maximum atomic E-state index is 13.5. The van der Waals surface area contributed by atoms with E-state index in [-0.39, 0.29) is 35.6 Å². The highest BCUT2D eigenvalue weighted by Gasteiger charge is 2.34. The van der Waals surface area contributed by atoms with E-state index in [1.807, 2.05) is 48.5 Å². The standard InChI is InChI=1S/C28H34N2O3/c1-19-10-8-9-13-22(19)29-26(31)18-30-23-17-21(28(2,3)4)14-15-24(23)33-25(27(30)32)16-20-11-6-5-7-12-20/h5-7,11-12,14-17,19,22H,8-10,13,18H2,1-4H3,(H,29,31)/b25-16-/t19-,22-/m0/s1. The zero-order chi connectivity index (χ0) is 23.6. The normalized spacial score (nSPS) is 22.0. The van der Waals surface area contributed by atoms with Gasteiger partial charge in [0, 0.05) is 6.04 Å². The third-order valence-corrected chi connectivity index (χ3v) is 6.65. The number of rotatable bonds is 4. The van der Waals surface area contributed by atoms with Crippen LogP contribution >= 0.6 is 0 Å². The third kappa shape index (κ3) is 5.29. The van der Waals surface area contributed by atoms with Gasteiger partial charge in [0.15, 0.2) is 11.5 Å². The van der Waals surface area contributed by atoms with Crippen LogP contribution in [0.4, 0.5) is 5.69 Å². The summed E-state index contributed by atoms with van der Waals surface area (Å²) in [5, 5.41) is 3.18. The summed E-state index contributed by atoms with van der Waals surface area (Å²) in [5.41, 5.74) is 2.50. The molecule has 4 rings (SSSR count). The maximum Gasteiger partial charge on any atom is 0.294 e. The van der Waals surface area contributed by atoms with Crippen LogP contribution in [0.15, 0.2) is 54.3 Å². The van der Waals surface area contributed by atoms with Gasteiger partial charge in [-0.05, 0) is 53.5 Å². The van der Waals surface area contributed by atoms with Crippen LogP contribution in [0.1, 0.15) is 64.5 Å². The topological polar surface area (TPSA) is 58.6 Å². The number of benzene rings is 2. The Kier molecular flexibility index (Phi) is 6.59. The van der Waals surface area contributed by atoms with Gasteiger partial charge in [-0.15, -0.1) is 0 Å². The van der Waals surface area contributed by atoms with Crippen molar-refractivity contribution in [1.29, 1.82) is 0 Å². The molecular weight excluding hydrogens is 412 g/mol. The van der Waals surface area contributed by atoms with Crippen LogP contribution in [-0.2, 0) is 15.0 Å². The Morgan fingerprint density at radius 2 is 1.85 bits per heavy atom. The molecule has 33 heavy (non-hydrogen) atoms. The molecule has 5 nitrogen and oxygen atoms in total. The quantitative estimate of drug-likeness (QED) is 0.636. The van der Waals surface area contributed by atoms with Crippen molar-refractivity contribution in [1.82, 2.24) is 5.32 Å². The monoisotopic (exact) mass is 446 g/mol. The first kappa shape index (κ1) is 23.1. The summed E-state index contributed by atoms with van der Waals surface area (Å²) in [6.45, 7) is 8.54. The van der Waals surface area contributed by atoms with Gasteiger partial charge in [0.25, 0.3) is 5.91 Å². The first-order valence-electron chi connectivity index (χ1n) is 11.9. The minimum atomic E-state index is -0.302. The molecule has 2 aliphatic rings. The van der Waals surface area contributed by atoms with Crippen LogP contribution in [0, 0.1) is 5.92 Å². The second-order valence-electron chi connectivity index (χ2n) is 10.3. The summed E-state index contributed by atoms with van der Waals surface area (Å²) in [6.07, 6.45) is 6.20. The third-order valence-electron chi connectivity index (χ3n) is 6.65. The summed E-state index contributed by atoms with van der Waals surface area (Å²) in [6, 6.07) is 15.7. The van der Waals surface area contributed by atoms with Gasteiger partial charge < -0.3 is 10.1 Å². The Hall–Kier alpha value is -3.08. The highest BCUT2D eigenvalue weighted by molar-refractivity contribution is 6.12. The van der Waals surface area contributed by atoms with Crippen LogP contribution in [0.25, 0.3) is 6.08 Å². The van der Waals surface area contributed by atoms with E-state index >= 15 is 0 Å². The molecule has 1 saturated carbocycles. The molecule has 174 valence electrons. The number of hydrogen-bond donors (Lipinski definition) is 1. The molecule has 0 bridgehead atoms. The van der Waals surface area contributed by atoms with Crippen molar-refractivity contribution in [3.05, 3.63) is 65.4 Å². The number of hydrogen-bond acceptors (Lipinski definition) is 3. The Morgan fingerprint density at radius 3 is 2.55 bits per heavy atom. The van der Waals surface area contributed by atoms with Gasteiger partial charge in [-0.25, -0.2) is 0 Å². The molecule has 0 saturated heterocycles. The average molecular weight is 447 g/mol. The largest absolute Gasteiger partial charge is 0.449 e. The van der Waals surface area contributed by atoms with Crippen molar-refractivity contribution in [3.8, 4) is 5.75 Å². The molecule has 1 fully saturated rings. The van der Waals surface area contributed by atoms with Crippen molar-refractivity contribution in [2.24, 2.45) is 5.92 Å². The number of nitrogens with one attached hydrogen (secondary N) is 1. The molecule has 2 atom stereocenters. The number of amides is 2. The van der Waals surface area contributed by atoms with E-state index in [4.69, 9.17) is 4.74 Å². The van der Waals surface area contributed by atoms with Gasteiger partial charge in [0.1, 0.15) is 6.54 Å². The van der Waals surface area contributed by atoms with Gasteiger partial charge >= 0.3 is 0 Å². The highest BCUT2D eigenvalue weighted by atomic mass is 16.5. The Bertz CT molecular complexity index is 1050. The molecule has 0 spiro atoms. The van der Waals surface area contributed by atoms with E-state index in [1.165, 1.54) is 6.42 Å². The van der Waals surface area contributed by atoms with Gasteiger partial charge in [0.2, 0.25) is 5.91 Å². The first-order valence-corrected chi connectivity index (χ1v) is 11.9. The fourth-order valence-electron chi connectivity index (χ4n) is 4.56. The lowest BCUT2D eigenvalue weighted by Gasteiger charge is -2.33. The molecule has 0 aromatic heterocycles. The molecule has 1 N–H and O–H groups in total. The van der Waals surface area contributed by atoms with E-state index in [0.717, 1.165) is 30.4 Å². The number of carbonyl (C=O) groups excluding carboxylic acids is 2. The van der Waals surface area contributed by atoms with Crippen LogP contribution < -0.4 is 15.0 Å². The molecule has 0 radical (unpaired) electrons. The van der Waals surface area contributed by atoms with Gasteiger partial charge in [-0.1, -0.05) is 76.9 Å². The summed E-state index contributed by atoms with van der Waals surface area (Å²) < 4.78 is 6.03. The summed E-state index contributed by atoms with van der Waals surface area (Å²) >= 11 is 0. The number of anilines is 1. The zero-order valence-corrected chi connectivity index (χ0v) is 20.1. The van der Waals surface area contributed by atoms with Gasteiger partial charge in [-0.2, -0.15) is 0 Å². The molecule has 1 aliphatic heterocycles. The molecule has 0 unspecified atom stereocenters. The lowest BCUT2D eigenvalue weighted by molar-refractivity contribution is -0.124. The molecule has 1 heterocycles. The lowest BCUT2D eigenvalue weighted by Crippen LogP contribution is -2.48. The molecule has 2 amide bonds. The minimum absolute atomic E-state index is 0.0296. The molecule has 1 aliphatic carbocycles. The van der Waals surface area contributed by atoms with Crippen LogP contribution in [-0.4, -0.2) is 24.4 Å². The minimum Gasteiger partial charge on any atom is -0.449 e. The van der Waals surface area contributed by atoms with E-state index in [0.29, 0.717) is 17.4 Å². The van der Waals surface area contributed by atoms with Crippen molar-refractivity contribution in [2.45, 2.75) is 64.8 Å². The molecule has 5 heteroatoms. The second-order valence-corrected chi connectivity index (χ2v) is 10.3. The lowest BCUT2D eigenvalue weighted by atomic mass is 9.86. The predicted octanol–water partition coefficient (Wildman–Crippen LogP) is 5.45. The second kappa shape index (κ2) is 9.42. The van der Waals surface area contributed by atoms with Gasteiger partial charge in [-0.3, -0.25) is 14.5 Å². The summed E-state index contributed by atoms with van der Waals surface area (Å²) in [5.74, 6) is 0.829. The van der Waals surface area contributed by atoms with E-state index in [2.05, 4.69) is 33.0 Å². The van der Waals surface area contributed by atoms with Crippen LogP contribution in [0.5, 0.6) is 5.75 Å². The van der Waals surface area contributed by atoms with Crippen molar-refractivity contribution in [3.63, 3.8) is 0 Å². The van der Waals surface area contributed by atoms with E-state index in [1.54, 1.807) is 11.0 Å². The summed E-state index contributed by atoms with van der Waals surface area (Å²) in [7, 11) is 0. The Balaban J connectivity index is 1.65. The molecular formula is C28H34N2O3. The first-order chi connectivity index (χ1) is 15.7. The Labute approximate surface area is 196 Å². The van der Waals surface area contributed by atoms with Crippen molar-refractivity contribution in [2.75, 3.05) is 11.4 Å². The smallest absolute Gasteiger partial charge is 0.294 e. The van der Waals surface area contributed by atoms with E-state index < -0.39 is 0 Å². The maximum absolute atomic E-state index is 13.5. The number of nitrogens with zero attached hydrogens (tertiary/aromatic N) is 1. The highest BCUT2D eigenvalue weighted by Crippen LogP contribution is 2.39.